The van der Waals surface area contributed by atoms with E-state index in [1.54, 1.807) is 18.7 Å². The van der Waals surface area contributed by atoms with Crippen LogP contribution in [0.25, 0.3) is 28.1 Å². The Labute approximate surface area is 195 Å². The number of fused-ring (bicyclic) bond motifs is 1. The van der Waals surface area contributed by atoms with Gasteiger partial charge in [-0.1, -0.05) is 6.07 Å². The number of benzene rings is 1. The third-order valence-electron chi connectivity index (χ3n) is 5.50. The molecule has 4 aromatic heterocycles. The molecule has 0 amide bonds. The minimum absolute atomic E-state index is 0.0252. The number of aromatic nitrogens is 7. The number of rotatable bonds is 6. The maximum Gasteiger partial charge on any atom is 0.171 e. The van der Waals surface area contributed by atoms with Crippen molar-refractivity contribution in [1.29, 1.82) is 5.26 Å². The average molecular weight is 451 g/mol. The van der Waals surface area contributed by atoms with Gasteiger partial charge >= 0.3 is 0 Å². The summed E-state index contributed by atoms with van der Waals surface area (Å²) in [5.41, 5.74) is 6.44. The van der Waals surface area contributed by atoms with Gasteiger partial charge in [0.05, 0.1) is 40.4 Å². The molecule has 0 radical (unpaired) electrons. The summed E-state index contributed by atoms with van der Waals surface area (Å²) < 4.78 is 1.89. The van der Waals surface area contributed by atoms with E-state index in [1.165, 1.54) is 0 Å². The van der Waals surface area contributed by atoms with Gasteiger partial charge in [0.15, 0.2) is 5.69 Å². The van der Waals surface area contributed by atoms with Gasteiger partial charge in [0, 0.05) is 18.0 Å². The average Bonchev–Trinajstić information content (AvgIpc) is 3.44. The number of pyridine rings is 1. The van der Waals surface area contributed by atoms with E-state index in [4.69, 9.17) is 4.98 Å². The molecule has 0 fully saturated rings. The lowest BCUT2D eigenvalue weighted by atomic mass is 10.0. The van der Waals surface area contributed by atoms with Crippen LogP contribution in [0.3, 0.4) is 0 Å². The highest BCUT2D eigenvalue weighted by Crippen LogP contribution is 2.30. The normalized spacial score (nSPS) is 11.0. The van der Waals surface area contributed by atoms with E-state index in [9.17, 15) is 10.4 Å². The topological polar surface area (TPSA) is 141 Å². The highest BCUT2D eigenvalue weighted by molar-refractivity contribution is 5.82. The van der Waals surface area contributed by atoms with E-state index in [2.05, 4.69) is 36.5 Å². The molecule has 0 spiro atoms. The summed E-state index contributed by atoms with van der Waals surface area (Å²) in [7, 11) is 0. The summed E-state index contributed by atoms with van der Waals surface area (Å²) in [6.45, 7) is 3.66. The number of nitriles is 1. The van der Waals surface area contributed by atoms with Crippen LogP contribution in [0.5, 0.6) is 0 Å². The van der Waals surface area contributed by atoms with E-state index < -0.39 is 0 Å². The number of aliphatic hydroxyl groups excluding tert-OH is 1. The van der Waals surface area contributed by atoms with Crippen molar-refractivity contribution in [2.75, 3.05) is 11.9 Å². The van der Waals surface area contributed by atoms with Gasteiger partial charge in [-0.25, -0.2) is 19.9 Å². The summed E-state index contributed by atoms with van der Waals surface area (Å²) in [5.74, 6) is 1.36. The first kappa shape index (κ1) is 21.2. The Morgan fingerprint density at radius 2 is 1.91 bits per heavy atom. The molecule has 5 rings (SSSR count). The molecule has 168 valence electrons. The van der Waals surface area contributed by atoms with Crippen molar-refractivity contribution in [3.63, 3.8) is 0 Å². The van der Waals surface area contributed by atoms with E-state index >= 15 is 0 Å². The number of hydrogen-bond donors (Lipinski definition) is 3. The van der Waals surface area contributed by atoms with Gasteiger partial charge in [-0.15, -0.1) is 0 Å². The second-order valence-corrected chi connectivity index (χ2v) is 7.80. The molecule has 10 nitrogen and oxygen atoms in total. The first-order valence-electron chi connectivity index (χ1n) is 10.7. The van der Waals surface area contributed by atoms with Crippen molar-refractivity contribution < 1.29 is 5.11 Å². The van der Waals surface area contributed by atoms with Crippen LogP contribution >= 0.6 is 0 Å². The highest BCUT2D eigenvalue weighted by Gasteiger charge is 2.19. The molecule has 0 aliphatic rings. The van der Waals surface area contributed by atoms with Crippen LogP contribution in [-0.2, 0) is 6.42 Å². The van der Waals surface area contributed by atoms with E-state index in [0.717, 1.165) is 33.7 Å². The standard InChI is InChI=1S/C24H21N9O/c1-14-23(20(10-25)32-31-14)24-16(7-8-34)3-6-22(30-24)33-13-28-19-9-17(4-5-21(19)33)29-18-11-26-15(2)27-12-18/h3-6,9,11-13,29,34H,7-8H2,1-2H3,(H,31,32). The Morgan fingerprint density at radius 3 is 2.68 bits per heavy atom. The molecule has 10 heteroatoms. The van der Waals surface area contributed by atoms with Gasteiger partial charge in [0.1, 0.15) is 24.0 Å². The summed E-state index contributed by atoms with van der Waals surface area (Å²) in [5, 5.41) is 29.3. The Kier molecular flexibility index (Phi) is 5.45. The molecule has 0 saturated heterocycles. The number of aliphatic hydroxyl groups is 1. The molecular weight excluding hydrogens is 430 g/mol. The molecule has 4 heterocycles. The number of aromatic amines is 1. The molecule has 0 aliphatic heterocycles. The van der Waals surface area contributed by atoms with Crippen molar-refractivity contribution in [1.82, 2.24) is 34.7 Å². The van der Waals surface area contributed by atoms with Gasteiger partial charge in [0.2, 0.25) is 0 Å². The van der Waals surface area contributed by atoms with E-state index in [0.29, 0.717) is 29.3 Å². The quantitative estimate of drug-likeness (QED) is 0.357. The van der Waals surface area contributed by atoms with Crippen LogP contribution in [0.15, 0.2) is 49.1 Å². The maximum absolute atomic E-state index is 9.53. The summed E-state index contributed by atoms with van der Waals surface area (Å²) in [6, 6.07) is 11.8. The lowest BCUT2D eigenvalue weighted by molar-refractivity contribution is 0.299. The fourth-order valence-corrected chi connectivity index (χ4v) is 3.85. The second kappa shape index (κ2) is 8.73. The van der Waals surface area contributed by atoms with Crippen LogP contribution in [0.4, 0.5) is 11.4 Å². The van der Waals surface area contributed by atoms with Gasteiger partial charge in [-0.2, -0.15) is 10.4 Å². The van der Waals surface area contributed by atoms with Gasteiger partial charge in [-0.3, -0.25) is 9.67 Å². The molecule has 3 N–H and O–H groups in total. The second-order valence-electron chi connectivity index (χ2n) is 7.80. The van der Waals surface area contributed by atoms with Crippen LogP contribution in [0, 0.1) is 25.2 Å². The largest absolute Gasteiger partial charge is 0.396 e. The third-order valence-corrected chi connectivity index (χ3v) is 5.50. The SMILES string of the molecule is Cc1ncc(Nc2ccc3c(c2)ncn3-c2ccc(CCO)c(-c3c(C#N)n[nH]c3C)n2)cn1. The molecule has 1 aromatic carbocycles. The smallest absolute Gasteiger partial charge is 0.171 e. The summed E-state index contributed by atoms with van der Waals surface area (Å²) >= 11 is 0. The Hall–Kier alpha value is -4.62. The van der Waals surface area contributed by atoms with Crippen molar-refractivity contribution in [2.45, 2.75) is 20.3 Å². The number of anilines is 2. The molecule has 0 atom stereocenters. The third kappa shape index (κ3) is 3.85. The lowest BCUT2D eigenvalue weighted by Gasteiger charge is -2.12. The van der Waals surface area contributed by atoms with Crippen LogP contribution < -0.4 is 5.32 Å². The minimum Gasteiger partial charge on any atom is -0.396 e. The predicted molar refractivity (Wildman–Crippen MR) is 127 cm³/mol. The molecular formula is C24H21N9O. The van der Waals surface area contributed by atoms with Crippen LogP contribution in [0.2, 0.25) is 0 Å². The fourth-order valence-electron chi connectivity index (χ4n) is 3.85. The minimum atomic E-state index is -0.0252. The Balaban J connectivity index is 1.55. The number of nitrogens with one attached hydrogen (secondary N) is 2. The van der Waals surface area contributed by atoms with Gasteiger partial charge in [0.25, 0.3) is 0 Å². The number of imidazole rings is 1. The zero-order chi connectivity index (χ0) is 23.7. The van der Waals surface area contributed by atoms with Crippen molar-refractivity contribution in [2.24, 2.45) is 0 Å². The Bertz CT molecular complexity index is 1530. The number of aryl methyl sites for hydroxylation is 2. The zero-order valence-corrected chi connectivity index (χ0v) is 18.6. The molecule has 0 bridgehead atoms. The number of nitrogens with zero attached hydrogens (tertiary/aromatic N) is 7. The van der Waals surface area contributed by atoms with Crippen molar-refractivity contribution in [3.05, 3.63) is 71.8 Å². The van der Waals surface area contributed by atoms with E-state index in [1.807, 2.05) is 48.7 Å². The van der Waals surface area contributed by atoms with Crippen molar-refractivity contribution in [3.8, 4) is 23.1 Å². The molecule has 0 saturated carbocycles. The predicted octanol–water partition coefficient (Wildman–Crippen LogP) is 3.37. The monoisotopic (exact) mass is 451 g/mol. The summed E-state index contributed by atoms with van der Waals surface area (Å²) in [4.78, 5) is 17.8. The van der Waals surface area contributed by atoms with Gasteiger partial charge < -0.3 is 10.4 Å². The van der Waals surface area contributed by atoms with Crippen LogP contribution in [0.1, 0.15) is 22.8 Å². The van der Waals surface area contributed by atoms with Crippen LogP contribution in [-0.4, -0.2) is 46.4 Å². The molecule has 5 aromatic rings. The van der Waals surface area contributed by atoms with Crippen molar-refractivity contribution >= 4 is 22.4 Å². The van der Waals surface area contributed by atoms with Gasteiger partial charge in [-0.05, 0) is 50.1 Å². The first-order valence-corrected chi connectivity index (χ1v) is 10.7. The molecule has 34 heavy (non-hydrogen) atoms. The number of H-pyrrole nitrogens is 1. The molecule has 0 aliphatic carbocycles. The zero-order valence-electron chi connectivity index (χ0n) is 18.6. The Morgan fingerprint density at radius 1 is 1.09 bits per heavy atom. The first-order chi connectivity index (χ1) is 16.6. The fraction of sp³-hybridized carbons (Fsp3) is 0.167. The van der Waals surface area contributed by atoms with E-state index in [-0.39, 0.29) is 12.3 Å². The highest BCUT2D eigenvalue weighted by atomic mass is 16.2. The molecule has 0 unspecified atom stereocenters. The number of hydrogen-bond acceptors (Lipinski definition) is 8. The lowest BCUT2D eigenvalue weighted by Crippen LogP contribution is -2.03. The summed E-state index contributed by atoms with van der Waals surface area (Å²) in [6.07, 6.45) is 5.60. The maximum atomic E-state index is 9.53.